The van der Waals surface area contributed by atoms with Crippen molar-refractivity contribution in [3.05, 3.63) is 58.0 Å². The number of hydrogen-bond donors (Lipinski definition) is 1. The van der Waals surface area contributed by atoms with Gasteiger partial charge in [-0.15, -0.1) is 0 Å². The highest BCUT2D eigenvalue weighted by atomic mass is 19.1. The molecule has 3 aromatic rings. The van der Waals surface area contributed by atoms with Crippen LogP contribution in [0.4, 0.5) is 15.9 Å². The van der Waals surface area contributed by atoms with Gasteiger partial charge in [0.05, 0.1) is 48.9 Å². The maximum Gasteiger partial charge on any atom is 0.318 e. The van der Waals surface area contributed by atoms with E-state index in [1.165, 1.54) is 5.56 Å². The van der Waals surface area contributed by atoms with Crippen LogP contribution in [0.1, 0.15) is 77.1 Å². The molecule has 0 bridgehead atoms. The molecule has 0 radical (unpaired) electrons. The quantitative estimate of drug-likeness (QED) is 0.404. The van der Waals surface area contributed by atoms with Crippen LogP contribution >= 0.6 is 0 Å². The molecular weight excluding hydrogens is 627 g/mol. The van der Waals surface area contributed by atoms with Crippen LogP contribution in [0.15, 0.2) is 24.3 Å². The standard InChI is InChI=1S/C36H45FN8O4/c37-25-18-35(7-2-10-44(35)20-25)23-48-34-39-31-19-36(8-1-4-24-5-6-26(38)16-29(24)36)49-22-28(31)32(40-34)43-9-3-11-45-27(21-43)17-30(41-45)33(46)42-12-14-47-15-13-42/h5-6,16-17,25H,1-4,7-15,18-23,38H2. The van der Waals surface area contributed by atoms with Gasteiger partial charge in [-0.05, 0) is 74.4 Å². The van der Waals surface area contributed by atoms with E-state index in [0.717, 1.165) is 85.6 Å². The highest BCUT2D eigenvalue weighted by molar-refractivity contribution is 5.92. The average molecular weight is 673 g/mol. The summed E-state index contributed by atoms with van der Waals surface area (Å²) < 4.78 is 35.4. The van der Waals surface area contributed by atoms with Crippen LogP contribution in [0.25, 0.3) is 0 Å². The molecule has 12 nitrogen and oxygen atoms in total. The van der Waals surface area contributed by atoms with Gasteiger partial charge < -0.3 is 29.7 Å². The van der Waals surface area contributed by atoms with Crippen molar-refractivity contribution < 1.29 is 23.4 Å². The second-order valence-electron chi connectivity index (χ2n) is 14.8. The molecule has 1 spiro atoms. The number of aromatic nitrogens is 4. The Balaban J connectivity index is 1.06. The van der Waals surface area contributed by atoms with E-state index in [9.17, 15) is 9.18 Å². The van der Waals surface area contributed by atoms with E-state index in [0.29, 0.717) is 83.7 Å². The Morgan fingerprint density at radius 2 is 1.96 bits per heavy atom. The van der Waals surface area contributed by atoms with Gasteiger partial charge in [-0.3, -0.25) is 14.4 Å². The smallest absolute Gasteiger partial charge is 0.318 e. The van der Waals surface area contributed by atoms with Crippen molar-refractivity contribution in [2.24, 2.45) is 0 Å². The first kappa shape index (κ1) is 31.2. The van der Waals surface area contributed by atoms with Gasteiger partial charge in [0.25, 0.3) is 5.91 Å². The number of fused-ring (bicyclic) bond motifs is 5. The number of anilines is 2. The summed E-state index contributed by atoms with van der Waals surface area (Å²) in [4.78, 5) is 29.8. The van der Waals surface area contributed by atoms with E-state index in [1.54, 1.807) is 0 Å². The van der Waals surface area contributed by atoms with Crippen LogP contribution in [0, 0.1) is 0 Å². The molecule has 5 aliphatic heterocycles. The number of nitrogens with zero attached hydrogens (tertiary/aromatic N) is 7. The summed E-state index contributed by atoms with van der Waals surface area (Å²) in [5.74, 6) is 0.741. The lowest BCUT2D eigenvalue weighted by Crippen LogP contribution is -2.44. The minimum atomic E-state index is -0.832. The third kappa shape index (κ3) is 5.54. The molecule has 0 saturated carbocycles. The van der Waals surface area contributed by atoms with Crippen molar-refractivity contribution in [2.45, 2.75) is 88.4 Å². The first-order valence-corrected chi connectivity index (χ1v) is 18.0. The first-order chi connectivity index (χ1) is 23.9. The number of ether oxygens (including phenoxy) is 3. The van der Waals surface area contributed by atoms with E-state index in [-0.39, 0.29) is 11.4 Å². The molecule has 3 saturated heterocycles. The van der Waals surface area contributed by atoms with Gasteiger partial charge in [-0.1, -0.05) is 6.07 Å². The second kappa shape index (κ2) is 12.2. The highest BCUT2D eigenvalue weighted by Crippen LogP contribution is 2.47. The van der Waals surface area contributed by atoms with Crippen LogP contribution in [-0.4, -0.2) is 99.7 Å². The third-order valence-corrected chi connectivity index (χ3v) is 11.7. The molecular formula is C36H45FN8O4. The number of rotatable bonds is 5. The molecule has 1 amide bonds. The minimum Gasteiger partial charge on any atom is -0.461 e. The lowest BCUT2D eigenvalue weighted by Gasteiger charge is -2.43. The molecule has 260 valence electrons. The number of benzene rings is 1. The molecule has 3 atom stereocenters. The third-order valence-electron chi connectivity index (χ3n) is 11.7. The zero-order valence-electron chi connectivity index (χ0n) is 28.0. The lowest BCUT2D eigenvalue weighted by atomic mass is 9.74. The maximum atomic E-state index is 14.6. The summed E-state index contributed by atoms with van der Waals surface area (Å²) >= 11 is 0. The second-order valence-corrected chi connectivity index (χ2v) is 14.8. The molecule has 7 heterocycles. The molecule has 3 fully saturated rings. The average Bonchev–Trinajstić information content (AvgIpc) is 3.74. The van der Waals surface area contributed by atoms with E-state index in [4.69, 9.17) is 35.0 Å². The summed E-state index contributed by atoms with van der Waals surface area (Å²) in [7, 11) is 0. The fourth-order valence-corrected chi connectivity index (χ4v) is 9.24. The van der Waals surface area contributed by atoms with Crippen molar-refractivity contribution in [3.63, 3.8) is 0 Å². The van der Waals surface area contributed by atoms with Crippen LogP contribution in [0.5, 0.6) is 6.01 Å². The molecule has 3 unspecified atom stereocenters. The summed E-state index contributed by atoms with van der Waals surface area (Å²) in [5, 5.41) is 4.74. The van der Waals surface area contributed by atoms with E-state index in [1.807, 2.05) is 21.7 Å². The van der Waals surface area contributed by atoms with Gasteiger partial charge in [-0.2, -0.15) is 15.1 Å². The van der Waals surface area contributed by atoms with Gasteiger partial charge in [0, 0.05) is 56.8 Å². The zero-order valence-corrected chi connectivity index (χ0v) is 28.0. The van der Waals surface area contributed by atoms with Gasteiger partial charge in [0.1, 0.15) is 18.6 Å². The number of halogens is 1. The highest BCUT2D eigenvalue weighted by Gasteiger charge is 2.50. The van der Waals surface area contributed by atoms with Gasteiger partial charge in [-0.25, -0.2) is 4.39 Å². The van der Waals surface area contributed by atoms with Crippen molar-refractivity contribution >= 4 is 17.4 Å². The molecule has 13 heteroatoms. The zero-order chi connectivity index (χ0) is 33.2. The summed E-state index contributed by atoms with van der Waals surface area (Å²) in [5.41, 5.74) is 12.0. The van der Waals surface area contributed by atoms with Crippen LogP contribution in [-0.2, 0) is 47.6 Å². The predicted molar refractivity (Wildman–Crippen MR) is 179 cm³/mol. The molecule has 49 heavy (non-hydrogen) atoms. The number of carbonyl (C=O) groups is 1. The monoisotopic (exact) mass is 672 g/mol. The number of aryl methyl sites for hydroxylation is 2. The molecule has 2 N–H and O–H groups in total. The normalized spacial score (nSPS) is 28.1. The Morgan fingerprint density at radius 3 is 2.86 bits per heavy atom. The van der Waals surface area contributed by atoms with Crippen molar-refractivity contribution in [3.8, 4) is 6.01 Å². The SMILES string of the molecule is Nc1ccc2c(c1)C1(CCC2)Cc2nc(OCC34CCCN3CC(F)C4)nc(N3CCCn4nc(C(=O)N5CCOCC5)cc4C3)c2CO1. The van der Waals surface area contributed by atoms with E-state index >= 15 is 0 Å². The Bertz CT molecular complexity index is 1760. The molecule has 2 aromatic heterocycles. The largest absolute Gasteiger partial charge is 0.461 e. The topological polar surface area (TPSA) is 124 Å². The van der Waals surface area contributed by atoms with Gasteiger partial charge in [0.15, 0.2) is 5.69 Å². The van der Waals surface area contributed by atoms with Crippen LogP contribution < -0.4 is 15.4 Å². The molecule has 1 aliphatic carbocycles. The summed E-state index contributed by atoms with van der Waals surface area (Å²) in [6.45, 7) is 6.36. The lowest BCUT2D eigenvalue weighted by molar-refractivity contribution is -0.0855. The van der Waals surface area contributed by atoms with Gasteiger partial charge in [0.2, 0.25) is 0 Å². The molecule has 6 aliphatic rings. The van der Waals surface area contributed by atoms with E-state index < -0.39 is 11.8 Å². The minimum absolute atomic E-state index is 0.0552. The van der Waals surface area contributed by atoms with Crippen molar-refractivity contribution in [2.75, 3.05) is 63.2 Å². The number of morpholine rings is 1. The number of hydrogen-bond acceptors (Lipinski definition) is 10. The Kier molecular flexibility index (Phi) is 7.77. The predicted octanol–water partition coefficient (Wildman–Crippen LogP) is 3.40. The number of amides is 1. The Morgan fingerprint density at radius 1 is 1.06 bits per heavy atom. The van der Waals surface area contributed by atoms with Crippen LogP contribution in [0.2, 0.25) is 0 Å². The fourth-order valence-electron chi connectivity index (χ4n) is 9.24. The molecule has 9 rings (SSSR count). The van der Waals surface area contributed by atoms with Crippen molar-refractivity contribution in [1.29, 1.82) is 0 Å². The fraction of sp³-hybridized carbons (Fsp3) is 0.611. The van der Waals surface area contributed by atoms with E-state index in [2.05, 4.69) is 21.9 Å². The van der Waals surface area contributed by atoms with Gasteiger partial charge >= 0.3 is 6.01 Å². The number of nitrogens with two attached hydrogens (primary N) is 1. The number of alkyl halides is 1. The van der Waals surface area contributed by atoms with Crippen molar-refractivity contribution in [1.82, 2.24) is 29.5 Å². The summed E-state index contributed by atoms with van der Waals surface area (Å²) in [6.07, 6.45) is 5.97. The Hall–Kier alpha value is -3.81. The summed E-state index contributed by atoms with van der Waals surface area (Å²) in [6, 6.07) is 8.44. The Labute approximate surface area is 285 Å². The first-order valence-electron chi connectivity index (χ1n) is 18.0. The number of carbonyl (C=O) groups excluding carboxylic acids is 1. The number of nitrogen functional groups attached to an aromatic ring is 1. The maximum absolute atomic E-state index is 14.6. The van der Waals surface area contributed by atoms with Crippen LogP contribution in [0.3, 0.4) is 0 Å². The molecule has 1 aromatic carbocycles.